The summed E-state index contributed by atoms with van der Waals surface area (Å²) >= 11 is 0. The highest BCUT2D eigenvalue weighted by atomic mass is 16.5. The number of benzene rings is 1. The summed E-state index contributed by atoms with van der Waals surface area (Å²) in [6, 6.07) is 8.03. The molecule has 1 amide bonds. The largest absolute Gasteiger partial charge is 0.484 e. The van der Waals surface area contributed by atoms with E-state index in [1.54, 1.807) is 4.90 Å². The summed E-state index contributed by atoms with van der Waals surface area (Å²) in [6.45, 7) is 5.78. The Kier molecular flexibility index (Phi) is 4.43. The van der Waals surface area contributed by atoms with Crippen LogP contribution in [0.1, 0.15) is 31.7 Å². The van der Waals surface area contributed by atoms with Crippen LogP contribution in [-0.4, -0.2) is 36.5 Å². The molecule has 2 rings (SSSR count). The van der Waals surface area contributed by atoms with Crippen molar-refractivity contribution < 1.29 is 9.53 Å². The van der Waals surface area contributed by atoms with Gasteiger partial charge in [0.2, 0.25) is 0 Å². The van der Waals surface area contributed by atoms with E-state index < -0.39 is 0 Å². The van der Waals surface area contributed by atoms with Gasteiger partial charge in [0.15, 0.2) is 6.61 Å². The highest BCUT2D eigenvalue weighted by molar-refractivity contribution is 5.78. The molecule has 1 aliphatic heterocycles. The number of carbonyl (C=O) groups is 1. The molecule has 2 N–H and O–H groups in total. The summed E-state index contributed by atoms with van der Waals surface area (Å²) in [5, 5.41) is 0. The van der Waals surface area contributed by atoms with Gasteiger partial charge in [0, 0.05) is 19.1 Å². The molecule has 4 nitrogen and oxygen atoms in total. The first-order valence-corrected chi connectivity index (χ1v) is 6.82. The first-order chi connectivity index (χ1) is 9.06. The molecule has 0 unspecified atom stereocenters. The van der Waals surface area contributed by atoms with E-state index in [0.29, 0.717) is 12.5 Å². The van der Waals surface area contributed by atoms with Crippen LogP contribution in [0.3, 0.4) is 0 Å². The minimum atomic E-state index is 0.0147. The fraction of sp³-hybridized carbons (Fsp3) is 0.533. The minimum absolute atomic E-state index is 0.0147. The van der Waals surface area contributed by atoms with E-state index in [9.17, 15) is 4.79 Å². The average molecular weight is 262 g/mol. The van der Waals surface area contributed by atoms with Crippen molar-refractivity contribution in [2.45, 2.75) is 32.2 Å². The van der Waals surface area contributed by atoms with Gasteiger partial charge < -0.3 is 15.4 Å². The Morgan fingerprint density at radius 1 is 1.42 bits per heavy atom. The smallest absolute Gasteiger partial charge is 0.260 e. The number of nitrogens with two attached hydrogens (primary N) is 1. The first-order valence-electron chi connectivity index (χ1n) is 6.82. The molecule has 1 atom stereocenters. The lowest BCUT2D eigenvalue weighted by Gasteiger charge is -2.16. The lowest BCUT2D eigenvalue weighted by molar-refractivity contribution is -0.132. The van der Waals surface area contributed by atoms with Crippen LogP contribution in [0, 0.1) is 0 Å². The maximum atomic E-state index is 11.9. The molecular weight excluding hydrogens is 240 g/mol. The summed E-state index contributed by atoms with van der Waals surface area (Å²) < 4.78 is 5.52. The fourth-order valence-corrected chi connectivity index (χ4v) is 2.20. The third-order valence-corrected chi connectivity index (χ3v) is 3.49. The van der Waals surface area contributed by atoms with Crippen LogP contribution < -0.4 is 10.5 Å². The Morgan fingerprint density at radius 3 is 2.63 bits per heavy atom. The zero-order chi connectivity index (χ0) is 13.8. The van der Waals surface area contributed by atoms with E-state index in [4.69, 9.17) is 10.5 Å². The summed E-state index contributed by atoms with van der Waals surface area (Å²) in [6.07, 6.45) is 0.884. The highest BCUT2D eigenvalue weighted by Crippen LogP contribution is 2.18. The van der Waals surface area contributed by atoms with E-state index in [1.807, 2.05) is 24.3 Å². The van der Waals surface area contributed by atoms with Gasteiger partial charge in [0.25, 0.3) is 5.91 Å². The number of carbonyl (C=O) groups excluding carboxylic acids is 1. The molecule has 0 saturated carbocycles. The summed E-state index contributed by atoms with van der Waals surface area (Å²) in [7, 11) is 0. The molecule has 1 aliphatic rings. The molecule has 0 radical (unpaired) electrons. The second-order valence-electron chi connectivity index (χ2n) is 5.40. The molecule has 1 aromatic rings. The van der Waals surface area contributed by atoms with E-state index in [0.717, 1.165) is 18.7 Å². The van der Waals surface area contributed by atoms with Crippen molar-refractivity contribution in [3.8, 4) is 5.75 Å². The normalized spacial score (nSPS) is 18.9. The van der Waals surface area contributed by atoms with E-state index >= 15 is 0 Å². The Labute approximate surface area is 114 Å². The molecule has 4 heteroatoms. The van der Waals surface area contributed by atoms with Gasteiger partial charge in [-0.1, -0.05) is 26.0 Å². The molecular formula is C15H22N2O2. The van der Waals surface area contributed by atoms with Crippen LogP contribution in [0.25, 0.3) is 0 Å². The molecule has 0 spiro atoms. The van der Waals surface area contributed by atoms with Crippen LogP contribution in [0.15, 0.2) is 24.3 Å². The van der Waals surface area contributed by atoms with Gasteiger partial charge in [-0.05, 0) is 30.0 Å². The van der Waals surface area contributed by atoms with Crippen LogP contribution in [0.4, 0.5) is 0 Å². The number of rotatable bonds is 4. The standard InChI is InChI=1S/C15H22N2O2/c1-11(2)12-3-5-14(6-4-12)19-10-15(18)17-8-7-13(16)9-17/h3-6,11,13H,7-10,16H2,1-2H3/t13-/m0/s1. The lowest BCUT2D eigenvalue weighted by atomic mass is 10.0. The SMILES string of the molecule is CC(C)c1ccc(OCC(=O)N2CC[C@H](N)C2)cc1. The van der Waals surface area contributed by atoms with Crippen LogP contribution in [0.5, 0.6) is 5.75 Å². The summed E-state index contributed by atoms with van der Waals surface area (Å²) in [4.78, 5) is 13.7. The Bertz CT molecular complexity index is 428. The van der Waals surface area contributed by atoms with Gasteiger partial charge in [-0.15, -0.1) is 0 Å². The maximum Gasteiger partial charge on any atom is 0.260 e. The Morgan fingerprint density at radius 2 is 2.11 bits per heavy atom. The van der Waals surface area contributed by atoms with Crippen molar-refractivity contribution in [1.82, 2.24) is 4.90 Å². The molecule has 1 fully saturated rings. The van der Waals surface area contributed by atoms with Crippen molar-refractivity contribution in [1.29, 1.82) is 0 Å². The number of amides is 1. The van der Waals surface area contributed by atoms with Gasteiger partial charge in [-0.25, -0.2) is 0 Å². The molecule has 0 bridgehead atoms. The molecule has 1 heterocycles. The second kappa shape index (κ2) is 6.06. The first kappa shape index (κ1) is 13.9. The van der Waals surface area contributed by atoms with Crippen molar-refractivity contribution in [2.24, 2.45) is 5.73 Å². The van der Waals surface area contributed by atoms with Gasteiger partial charge in [-0.2, -0.15) is 0 Å². The van der Waals surface area contributed by atoms with Crippen molar-refractivity contribution in [2.75, 3.05) is 19.7 Å². The second-order valence-corrected chi connectivity index (χ2v) is 5.40. The molecule has 104 valence electrons. The molecule has 0 aromatic heterocycles. The van der Waals surface area contributed by atoms with Gasteiger partial charge >= 0.3 is 0 Å². The topological polar surface area (TPSA) is 55.6 Å². The van der Waals surface area contributed by atoms with Crippen LogP contribution in [0.2, 0.25) is 0 Å². The van der Waals surface area contributed by atoms with Crippen molar-refractivity contribution in [3.05, 3.63) is 29.8 Å². The molecule has 1 aromatic carbocycles. The van der Waals surface area contributed by atoms with Crippen LogP contribution >= 0.6 is 0 Å². The maximum absolute atomic E-state index is 11.9. The van der Waals surface area contributed by atoms with Gasteiger partial charge in [0.1, 0.15) is 5.75 Å². The van der Waals surface area contributed by atoms with Crippen molar-refractivity contribution in [3.63, 3.8) is 0 Å². The third kappa shape index (κ3) is 3.70. The quantitative estimate of drug-likeness (QED) is 0.899. The number of hydrogen-bond donors (Lipinski definition) is 1. The molecule has 0 aliphatic carbocycles. The Balaban J connectivity index is 1.83. The minimum Gasteiger partial charge on any atom is -0.484 e. The summed E-state index contributed by atoms with van der Waals surface area (Å²) in [5.41, 5.74) is 7.05. The zero-order valence-electron chi connectivity index (χ0n) is 11.6. The summed E-state index contributed by atoms with van der Waals surface area (Å²) in [5.74, 6) is 1.25. The number of likely N-dealkylation sites (tertiary alicyclic amines) is 1. The van der Waals surface area contributed by atoms with Crippen LogP contribution in [-0.2, 0) is 4.79 Å². The average Bonchev–Trinajstić information content (AvgIpc) is 2.83. The predicted octanol–water partition coefficient (Wildman–Crippen LogP) is 1.75. The van der Waals surface area contributed by atoms with Gasteiger partial charge in [0.05, 0.1) is 0 Å². The fourth-order valence-electron chi connectivity index (χ4n) is 2.20. The van der Waals surface area contributed by atoms with E-state index in [1.165, 1.54) is 5.56 Å². The zero-order valence-corrected chi connectivity index (χ0v) is 11.6. The number of ether oxygens (including phenoxy) is 1. The van der Waals surface area contributed by atoms with E-state index in [-0.39, 0.29) is 18.6 Å². The number of nitrogens with zero attached hydrogens (tertiary/aromatic N) is 1. The number of hydrogen-bond acceptors (Lipinski definition) is 3. The molecule has 1 saturated heterocycles. The lowest BCUT2D eigenvalue weighted by Crippen LogP contribution is -2.35. The Hall–Kier alpha value is -1.55. The van der Waals surface area contributed by atoms with Crippen molar-refractivity contribution >= 4 is 5.91 Å². The third-order valence-electron chi connectivity index (χ3n) is 3.49. The predicted molar refractivity (Wildman–Crippen MR) is 75.2 cm³/mol. The highest BCUT2D eigenvalue weighted by Gasteiger charge is 2.23. The monoisotopic (exact) mass is 262 g/mol. The van der Waals surface area contributed by atoms with E-state index in [2.05, 4.69) is 13.8 Å². The van der Waals surface area contributed by atoms with Gasteiger partial charge in [-0.3, -0.25) is 4.79 Å². The molecule has 19 heavy (non-hydrogen) atoms.